The summed E-state index contributed by atoms with van der Waals surface area (Å²) in [6, 6.07) is 30.8. The van der Waals surface area contributed by atoms with Gasteiger partial charge < -0.3 is 9.47 Å². The summed E-state index contributed by atoms with van der Waals surface area (Å²) in [4.78, 5) is 0. The zero-order chi connectivity index (χ0) is 26.9. The Morgan fingerprint density at radius 1 is 0.667 bits per heavy atom. The average molecular weight is 515 g/mol. The van der Waals surface area contributed by atoms with Gasteiger partial charge in [-0.1, -0.05) is 105 Å². The molecule has 0 radical (unpaired) electrons. The topological polar surface area (TPSA) is 25.1 Å². The van der Waals surface area contributed by atoms with Crippen molar-refractivity contribution in [2.75, 3.05) is 13.2 Å². The van der Waals surface area contributed by atoms with Crippen molar-refractivity contribution in [1.29, 1.82) is 0 Å². The summed E-state index contributed by atoms with van der Waals surface area (Å²) >= 11 is 0. The third kappa shape index (κ3) is 4.26. The van der Waals surface area contributed by atoms with Crippen molar-refractivity contribution >= 4 is 0 Å². The van der Waals surface area contributed by atoms with Crippen molar-refractivity contribution in [1.82, 2.24) is 0 Å². The Kier molecular flexibility index (Phi) is 5.67. The second-order valence-corrected chi connectivity index (χ2v) is 13.0. The van der Waals surface area contributed by atoms with Crippen molar-refractivity contribution in [3.8, 4) is 11.1 Å². The highest BCUT2D eigenvalue weighted by atomic mass is 16.6. The maximum absolute atomic E-state index is 5.52. The SMILES string of the molecule is Cc1ccc2c(c1)C(c1ccc(CC3CO3)cc1)(c1ccc(CC3CO3)cc1)c1cc(C)c(C(C)(C)C)cc1-2. The van der Waals surface area contributed by atoms with Gasteiger partial charge in [0, 0.05) is 12.8 Å². The Morgan fingerprint density at radius 3 is 1.67 bits per heavy atom. The van der Waals surface area contributed by atoms with Gasteiger partial charge in [-0.05, 0) is 74.9 Å². The molecule has 2 unspecified atom stereocenters. The number of aryl methyl sites for hydroxylation is 2. The second kappa shape index (κ2) is 8.91. The molecule has 4 aromatic rings. The van der Waals surface area contributed by atoms with Crippen LogP contribution in [0.15, 0.2) is 78.9 Å². The molecule has 0 amide bonds. The lowest BCUT2D eigenvalue weighted by atomic mass is 9.66. The molecule has 2 nitrogen and oxygen atoms in total. The first-order valence-electron chi connectivity index (χ1n) is 14.4. The molecule has 2 atom stereocenters. The van der Waals surface area contributed by atoms with Crippen molar-refractivity contribution in [2.45, 2.75) is 70.5 Å². The molecule has 2 fully saturated rings. The monoisotopic (exact) mass is 514 g/mol. The third-order valence-electron chi connectivity index (χ3n) is 8.95. The minimum Gasteiger partial charge on any atom is -0.373 e. The number of hydrogen-bond acceptors (Lipinski definition) is 2. The van der Waals surface area contributed by atoms with E-state index in [1.165, 1.54) is 61.2 Å². The third-order valence-corrected chi connectivity index (χ3v) is 8.95. The van der Waals surface area contributed by atoms with Crippen molar-refractivity contribution < 1.29 is 9.47 Å². The lowest BCUT2D eigenvalue weighted by Gasteiger charge is -2.35. The van der Waals surface area contributed by atoms with E-state index >= 15 is 0 Å². The molecule has 2 heteroatoms. The zero-order valence-electron chi connectivity index (χ0n) is 23.8. The van der Waals surface area contributed by atoms with Crippen molar-refractivity contribution in [3.63, 3.8) is 0 Å². The molecule has 1 aliphatic carbocycles. The summed E-state index contributed by atoms with van der Waals surface area (Å²) in [5, 5.41) is 0. The summed E-state index contributed by atoms with van der Waals surface area (Å²) in [5.41, 5.74) is 14.6. The van der Waals surface area contributed by atoms with E-state index in [1.54, 1.807) is 0 Å². The molecule has 0 spiro atoms. The largest absolute Gasteiger partial charge is 0.373 e. The molecule has 198 valence electrons. The van der Waals surface area contributed by atoms with Gasteiger partial charge in [0.05, 0.1) is 30.8 Å². The number of fused-ring (bicyclic) bond motifs is 3. The average Bonchev–Trinajstić information content (AvgIpc) is 3.84. The van der Waals surface area contributed by atoms with E-state index in [-0.39, 0.29) is 10.8 Å². The molecule has 0 bridgehead atoms. The van der Waals surface area contributed by atoms with Crippen LogP contribution in [0.5, 0.6) is 0 Å². The number of ether oxygens (including phenoxy) is 2. The van der Waals surface area contributed by atoms with Crippen LogP contribution in [-0.2, 0) is 33.1 Å². The highest BCUT2D eigenvalue weighted by Crippen LogP contribution is 2.57. The van der Waals surface area contributed by atoms with E-state index in [0.717, 1.165) is 26.1 Å². The normalized spacial score (nSPS) is 22.9. The standard InChI is InChI=1S/C37H38O2/c1-23-6-15-31-32-20-33(36(3,4)5)24(2)17-35(32)37(34(31)16-23,27-11-7-25(8-12-27)18-29-21-38-29)28-13-9-26(10-14-28)19-30-22-39-30/h6-17,20,29-30H,18-19,21-22H2,1-5H3. The fraction of sp³-hybridized carbons (Fsp3) is 0.351. The first kappa shape index (κ1) is 24.8. The van der Waals surface area contributed by atoms with Crippen LogP contribution in [-0.4, -0.2) is 25.4 Å². The minimum atomic E-state index is -0.374. The Hall–Kier alpha value is -3.20. The van der Waals surface area contributed by atoms with Crippen LogP contribution < -0.4 is 0 Å². The van der Waals surface area contributed by atoms with Crippen LogP contribution in [0.2, 0.25) is 0 Å². The van der Waals surface area contributed by atoms with Crippen LogP contribution in [0.1, 0.15) is 70.8 Å². The summed E-state index contributed by atoms with van der Waals surface area (Å²) in [7, 11) is 0. The van der Waals surface area contributed by atoms with E-state index in [9.17, 15) is 0 Å². The van der Waals surface area contributed by atoms with E-state index in [1.807, 2.05) is 0 Å². The van der Waals surface area contributed by atoms with Gasteiger partial charge in [-0.15, -0.1) is 0 Å². The Morgan fingerprint density at radius 2 is 1.18 bits per heavy atom. The molecule has 0 aromatic heterocycles. The van der Waals surface area contributed by atoms with E-state index in [4.69, 9.17) is 9.47 Å². The van der Waals surface area contributed by atoms with Gasteiger partial charge in [-0.3, -0.25) is 0 Å². The minimum absolute atomic E-state index is 0.0777. The molecule has 7 rings (SSSR count). The van der Waals surface area contributed by atoms with Crippen molar-refractivity contribution in [3.05, 3.63) is 129 Å². The van der Waals surface area contributed by atoms with E-state index < -0.39 is 0 Å². The van der Waals surface area contributed by atoms with Gasteiger partial charge in [0.15, 0.2) is 0 Å². The van der Waals surface area contributed by atoms with Crippen LogP contribution in [0.4, 0.5) is 0 Å². The van der Waals surface area contributed by atoms with Crippen LogP contribution in [0, 0.1) is 13.8 Å². The fourth-order valence-electron chi connectivity index (χ4n) is 6.87. The molecule has 2 saturated heterocycles. The lowest BCUT2D eigenvalue weighted by Crippen LogP contribution is -2.29. The summed E-state index contributed by atoms with van der Waals surface area (Å²) in [6.07, 6.45) is 2.76. The smallest absolute Gasteiger partial charge is 0.0850 e. The van der Waals surface area contributed by atoms with Gasteiger partial charge >= 0.3 is 0 Å². The highest BCUT2D eigenvalue weighted by Gasteiger charge is 2.47. The van der Waals surface area contributed by atoms with Gasteiger partial charge in [0.2, 0.25) is 0 Å². The first-order valence-corrected chi connectivity index (χ1v) is 14.4. The molecule has 0 saturated carbocycles. The number of benzene rings is 4. The summed E-state index contributed by atoms with van der Waals surface area (Å²) in [5.74, 6) is 0. The quantitative estimate of drug-likeness (QED) is 0.216. The number of rotatable bonds is 6. The molecule has 2 aliphatic heterocycles. The van der Waals surface area contributed by atoms with Crippen molar-refractivity contribution in [2.24, 2.45) is 0 Å². The molecule has 4 aromatic carbocycles. The second-order valence-electron chi connectivity index (χ2n) is 13.0. The van der Waals surface area contributed by atoms with Crippen LogP contribution in [0.25, 0.3) is 11.1 Å². The van der Waals surface area contributed by atoms with Crippen LogP contribution >= 0.6 is 0 Å². The predicted molar refractivity (Wildman–Crippen MR) is 159 cm³/mol. The molecule has 0 N–H and O–H groups in total. The number of epoxide rings is 2. The summed E-state index contributed by atoms with van der Waals surface area (Å²) < 4.78 is 11.0. The van der Waals surface area contributed by atoms with E-state index in [2.05, 4.69) is 113 Å². The maximum Gasteiger partial charge on any atom is 0.0850 e. The highest BCUT2D eigenvalue weighted by molar-refractivity contribution is 5.87. The van der Waals surface area contributed by atoms with Gasteiger partial charge in [0.25, 0.3) is 0 Å². The first-order chi connectivity index (χ1) is 18.7. The van der Waals surface area contributed by atoms with Gasteiger partial charge in [-0.25, -0.2) is 0 Å². The van der Waals surface area contributed by atoms with E-state index in [0.29, 0.717) is 12.2 Å². The maximum atomic E-state index is 5.52. The van der Waals surface area contributed by atoms with Gasteiger partial charge in [0.1, 0.15) is 0 Å². The molecule has 3 aliphatic rings. The summed E-state index contributed by atoms with van der Waals surface area (Å²) in [6.45, 7) is 13.3. The Balaban J connectivity index is 1.49. The molecular formula is C37H38O2. The molecule has 39 heavy (non-hydrogen) atoms. The molecule has 2 heterocycles. The Labute approximate surface area is 233 Å². The zero-order valence-corrected chi connectivity index (χ0v) is 23.8. The van der Waals surface area contributed by atoms with Gasteiger partial charge in [-0.2, -0.15) is 0 Å². The fourth-order valence-corrected chi connectivity index (χ4v) is 6.87. The number of hydrogen-bond donors (Lipinski definition) is 0. The van der Waals surface area contributed by atoms with Crippen LogP contribution in [0.3, 0.4) is 0 Å². The Bertz CT molecular complexity index is 1490. The molecular weight excluding hydrogens is 476 g/mol. The lowest BCUT2D eigenvalue weighted by molar-refractivity contribution is 0.407. The predicted octanol–water partition coefficient (Wildman–Crippen LogP) is 7.85.